The van der Waals surface area contributed by atoms with Crippen molar-refractivity contribution >= 4 is 33.0 Å². The number of sulfone groups is 1. The fourth-order valence-corrected chi connectivity index (χ4v) is 3.63. The van der Waals surface area contributed by atoms with Gasteiger partial charge >= 0.3 is 0 Å². The first-order valence-electron chi connectivity index (χ1n) is 6.26. The van der Waals surface area contributed by atoms with Gasteiger partial charge in [0.25, 0.3) is 0 Å². The summed E-state index contributed by atoms with van der Waals surface area (Å²) in [5.74, 6) is 0.333. The first-order chi connectivity index (χ1) is 9.87. The summed E-state index contributed by atoms with van der Waals surface area (Å²) in [6.45, 7) is 0.201. The Kier molecular flexibility index (Phi) is 5.51. The van der Waals surface area contributed by atoms with E-state index in [9.17, 15) is 13.5 Å². The SMILES string of the molecule is O=S1(=O)C=CC(NCC(O)COc2c(Cl)cccc2Cl)C1. The lowest BCUT2D eigenvalue weighted by Gasteiger charge is -2.16. The topological polar surface area (TPSA) is 75.6 Å². The molecule has 21 heavy (non-hydrogen) atoms. The molecule has 0 aromatic heterocycles. The van der Waals surface area contributed by atoms with Gasteiger partial charge in [-0.15, -0.1) is 0 Å². The van der Waals surface area contributed by atoms with Gasteiger partial charge in [0.05, 0.1) is 15.8 Å². The van der Waals surface area contributed by atoms with Crippen molar-refractivity contribution in [1.82, 2.24) is 5.32 Å². The highest BCUT2D eigenvalue weighted by Crippen LogP contribution is 2.32. The van der Waals surface area contributed by atoms with Crippen molar-refractivity contribution in [3.05, 3.63) is 39.7 Å². The van der Waals surface area contributed by atoms with Crippen LogP contribution in [0.3, 0.4) is 0 Å². The zero-order chi connectivity index (χ0) is 15.5. The van der Waals surface area contributed by atoms with Crippen LogP contribution in [0, 0.1) is 0 Å². The lowest BCUT2D eigenvalue weighted by molar-refractivity contribution is 0.105. The summed E-state index contributed by atoms with van der Waals surface area (Å²) in [4.78, 5) is 0. The number of halogens is 2. The summed E-state index contributed by atoms with van der Waals surface area (Å²) in [6.07, 6.45) is 0.752. The summed E-state index contributed by atoms with van der Waals surface area (Å²) in [7, 11) is -3.10. The van der Waals surface area contributed by atoms with Crippen LogP contribution in [-0.4, -0.2) is 44.6 Å². The second-order valence-corrected chi connectivity index (χ2v) is 7.43. The molecule has 8 heteroatoms. The van der Waals surface area contributed by atoms with Gasteiger partial charge in [-0.25, -0.2) is 8.42 Å². The molecule has 0 saturated carbocycles. The van der Waals surface area contributed by atoms with Crippen molar-refractivity contribution in [2.45, 2.75) is 12.1 Å². The van der Waals surface area contributed by atoms with Crippen molar-refractivity contribution in [2.75, 3.05) is 18.9 Å². The van der Waals surface area contributed by atoms with Crippen LogP contribution in [0.1, 0.15) is 0 Å². The Bertz CT molecular complexity index is 613. The molecule has 0 aliphatic carbocycles. The van der Waals surface area contributed by atoms with E-state index in [1.807, 2.05) is 0 Å². The number of nitrogens with one attached hydrogen (secondary N) is 1. The summed E-state index contributed by atoms with van der Waals surface area (Å²) < 4.78 is 27.9. The van der Waals surface area contributed by atoms with Crippen molar-refractivity contribution < 1.29 is 18.3 Å². The van der Waals surface area contributed by atoms with Crippen LogP contribution in [0.5, 0.6) is 5.75 Å². The minimum absolute atomic E-state index is 0.000360. The van der Waals surface area contributed by atoms with Crippen LogP contribution in [0.4, 0.5) is 0 Å². The second kappa shape index (κ2) is 6.98. The third kappa shape index (κ3) is 4.86. The molecule has 2 unspecified atom stereocenters. The van der Waals surface area contributed by atoms with Crippen LogP contribution in [0.15, 0.2) is 29.7 Å². The Morgan fingerprint density at radius 3 is 2.62 bits per heavy atom. The highest BCUT2D eigenvalue weighted by Gasteiger charge is 2.21. The standard InChI is InChI=1S/C13H15Cl2NO4S/c14-11-2-1-3-12(15)13(11)20-7-10(17)6-16-9-4-5-21(18,19)8-9/h1-5,9-10,16-17H,6-8H2. The van der Waals surface area contributed by atoms with E-state index in [1.54, 1.807) is 24.3 Å². The predicted octanol–water partition coefficient (Wildman–Crippen LogP) is 1.63. The van der Waals surface area contributed by atoms with E-state index < -0.39 is 15.9 Å². The molecule has 1 aromatic carbocycles. The average molecular weight is 352 g/mol. The molecule has 0 saturated heterocycles. The number of aliphatic hydroxyl groups is 1. The van der Waals surface area contributed by atoms with Gasteiger partial charge in [0, 0.05) is 18.0 Å². The summed E-state index contributed by atoms with van der Waals surface area (Å²) in [5, 5.41) is 14.7. The Labute approximate surface area is 133 Å². The Morgan fingerprint density at radius 1 is 1.38 bits per heavy atom. The molecule has 0 bridgehead atoms. The smallest absolute Gasteiger partial charge is 0.173 e. The van der Waals surface area contributed by atoms with E-state index in [0.29, 0.717) is 15.8 Å². The predicted molar refractivity (Wildman–Crippen MR) is 82.7 cm³/mol. The van der Waals surface area contributed by atoms with E-state index in [-0.39, 0.29) is 24.9 Å². The van der Waals surface area contributed by atoms with E-state index in [1.165, 1.54) is 5.41 Å². The zero-order valence-electron chi connectivity index (χ0n) is 11.0. The fraction of sp³-hybridized carbons (Fsp3) is 0.385. The molecule has 0 radical (unpaired) electrons. The van der Waals surface area contributed by atoms with Crippen LogP contribution in [0.25, 0.3) is 0 Å². The lowest BCUT2D eigenvalue weighted by Crippen LogP contribution is -2.38. The van der Waals surface area contributed by atoms with E-state index >= 15 is 0 Å². The van der Waals surface area contributed by atoms with Gasteiger partial charge in [0.1, 0.15) is 12.7 Å². The normalized spacial score (nSPS) is 21.4. The first kappa shape index (κ1) is 16.6. The minimum Gasteiger partial charge on any atom is -0.488 e. The minimum atomic E-state index is -3.10. The van der Waals surface area contributed by atoms with E-state index in [0.717, 1.165) is 0 Å². The first-order valence-corrected chi connectivity index (χ1v) is 8.74. The number of ether oxygens (including phenoxy) is 1. The van der Waals surface area contributed by atoms with Gasteiger partial charge in [-0.05, 0) is 12.1 Å². The quantitative estimate of drug-likeness (QED) is 0.814. The molecular formula is C13H15Cl2NO4S. The van der Waals surface area contributed by atoms with Crippen molar-refractivity contribution in [2.24, 2.45) is 0 Å². The zero-order valence-corrected chi connectivity index (χ0v) is 13.3. The van der Waals surface area contributed by atoms with E-state index in [2.05, 4.69) is 5.32 Å². The molecule has 116 valence electrons. The lowest BCUT2D eigenvalue weighted by atomic mass is 10.3. The van der Waals surface area contributed by atoms with Crippen LogP contribution < -0.4 is 10.1 Å². The van der Waals surface area contributed by atoms with Crippen LogP contribution in [0.2, 0.25) is 10.0 Å². The van der Waals surface area contributed by atoms with Crippen molar-refractivity contribution in [1.29, 1.82) is 0 Å². The third-order valence-electron chi connectivity index (χ3n) is 2.88. The summed E-state index contributed by atoms with van der Waals surface area (Å²) in [6, 6.07) is 4.69. The fourth-order valence-electron chi connectivity index (χ4n) is 1.85. The van der Waals surface area contributed by atoms with Crippen molar-refractivity contribution in [3.8, 4) is 5.75 Å². The van der Waals surface area contributed by atoms with Gasteiger partial charge in [-0.1, -0.05) is 35.3 Å². The molecule has 1 heterocycles. The second-order valence-electron chi connectivity index (χ2n) is 4.69. The highest BCUT2D eigenvalue weighted by molar-refractivity contribution is 7.94. The number of benzene rings is 1. The van der Waals surface area contributed by atoms with Gasteiger partial charge in [-0.2, -0.15) is 0 Å². The summed E-state index contributed by atoms with van der Waals surface area (Å²) in [5.41, 5.74) is 0. The molecule has 1 aliphatic heterocycles. The molecular weight excluding hydrogens is 337 g/mol. The molecule has 2 atom stereocenters. The average Bonchev–Trinajstić information content (AvgIpc) is 2.75. The third-order valence-corrected chi connectivity index (χ3v) is 4.88. The van der Waals surface area contributed by atoms with Gasteiger partial charge in [-0.3, -0.25) is 0 Å². The summed E-state index contributed by atoms with van der Waals surface area (Å²) >= 11 is 11.9. The molecule has 5 nitrogen and oxygen atoms in total. The van der Waals surface area contributed by atoms with Crippen molar-refractivity contribution in [3.63, 3.8) is 0 Å². The number of aliphatic hydroxyl groups excluding tert-OH is 1. The molecule has 2 N–H and O–H groups in total. The monoisotopic (exact) mass is 351 g/mol. The van der Waals surface area contributed by atoms with Gasteiger partial charge in [0.2, 0.25) is 0 Å². The molecule has 1 aromatic rings. The maximum Gasteiger partial charge on any atom is 0.173 e. The highest BCUT2D eigenvalue weighted by atomic mass is 35.5. The van der Waals surface area contributed by atoms with Gasteiger partial charge < -0.3 is 15.2 Å². The number of hydrogen-bond donors (Lipinski definition) is 2. The number of rotatable bonds is 6. The largest absolute Gasteiger partial charge is 0.488 e. The number of hydrogen-bond acceptors (Lipinski definition) is 5. The van der Waals surface area contributed by atoms with Crippen LogP contribution in [-0.2, 0) is 9.84 Å². The molecule has 1 aliphatic rings. The Hall–Kier alpha value is -0.790. The van der Waals surface area contributed by atoms with Crippen LogP contribution >= 0.6 is 23.2 Å². The maximum absolute atomic E-state index is 11.2. The number of para-hydroxylation sites is 1. The van der Waals surface area contributed by atoms with Gasteiger partial charge in [0.15, 0.2) is 15.6 Å². The molecule has 0 amide bonds. The maximum atomic E-state index is 11.2. The molecule has 0 fully saturated rings. The molecule has 2 rings (SSSR count). The molecule has 0 spiro atoms. The van der Waals surface area contributed by atoms with E-state index in [4.69, 9.17) is 27.9 Å². The Morgan fingerprint density at radius 2 is 2.05 bits per heavy atom. The Balaban J connectivity index is 1.78.